The molecule has 1 fully saturated rings. The average molecular weight is 393 g/mol. The van der Waals surface area contributed by atoms with Gasteiger partial charge in [-0.05, 0) is 18.2 Å². The van der Waals surface area contributed by atoms with Gasteiger partial charge in [-0.25, -0.2) is 0 Å². The van der Waals surface area contributed by atoms with E-state index in [2.05, 4.69) is 21.2 Å². The highest BCUT2D eigenvalue weighted by molar-refractivity contribution is 9.10. The monoisotopic (exact) mass is 391 g/mol. The lowest BCUT2D eigenvalue weighted by atomic mass is 10.1. The van der Waals surface area contributed by atoms with E-state index >= 15 is 0 Å². The summed E-state index contributed by atoms with van der Waals surface area (Å²) < 4.78 is 6.01. The second-order valence-electron chi connectivity index (χ2n) is 4.73. The fourth-order valence-corrected chi connectivity index (χ4v) is 2.47. The molecule has 1 aliphatic heterocycles. The molecule has 8 heteroatoms. The molecule has 0 unspecified atom stereocenters. The Labute approximate surface area is 143 Å². The number of ether oxygens (including phenoxy) is 1. The Morgan fingerprint density at radius 2 is 2.00 bits per heavy atom. The van der Waals surface area contributed by atoms with E-state index in [-0.39, 0.29) is 30.6 Å². The van der Waals surface area contributed by atoms with Crippen LogP contribution in [0.2, 0.25) is 0 Å². The minimum atomic E-state index is -0.269. The van der Waals surface area contributed by atoms with Crippen molar-refractivity contribution in [2.45, 2.75) is 6.42 Å². The number of nitrogen functional groups attached to an aromatic ring is 1. The molecular formula is C14H19BrClN3O3. The van der Waals surface area contributed by atoms with Gasteiger partial charge in [-0.1, -0.05) is 15.9 Å². The molecule has 22 heavy (non-hydrogen) atoms. The Hall–Kier alpha value is -1.31. The minimum absolute atomic E-state index is 0. The molecule has 1 aliphatic rings. The van der Waals surface area contributed by atoms with Gasteiger partial charge in [0.25, 0.3) is 5.91 Å². The third-order valence-electron chi connectivity index (χ3n) is 3.25. The molecule has 0 radical (unpaired) electrons. The summed E-state index contributed by atoms with van der Waals surface area (Å²) in [6.45, 7) is 2.68. The van der Waals surface area contributed by atoms with Gasteiger partial charge in [0.1, 0.15) is 0 Å². The molecule has 1 saturated heterocycles. The molecule has 2 amide bonds. The van der Waals surface area contributed by atoms with Crippen molar-refractivity contribution in [1.29, 1.82) is 0 Å². The molecule has 0 saturated carbocycles. The lowest BCUT2D eigenvalue weighted by Gasteiger charge is -2.26. The molecule has 0 aliphatic carbocycles. The number of nitrogens with one attached hydrogen (secondary N) is 1. The number of amides is 2. The highest BCUT2D eigenvalue weighted by Crippen LogP contribution is 2.18. The second kappa shape index (κ2) is 8.97. The van der Waals surface area contributed by atoms with Crippen LogP contribution in [0.3, 0.4) is 0 Å². The number of morpholine rings is 1. The number of hydrogen-bond donors (Lipinski definition) is 2. The third kappa shape index (κ3) is 5.15. The number of hydrogen-bond acceptors (Lipinski definition) is 4. The van der Waals surface area contributed by atoms with Crippen molar-refractivity contribution < 1.29 is 14.3 Å². The predicted octanol–water partition coefficient (Wildman–Crippen LogP) is 1.43. The summed E-state index contributed by atoms with van der Waals surface area (Å²) in [7, 11) is 0. The Morgan fingerprint density at radius 1 is 1.32 bits per heavy atom. The SMILES string of the molecule is Cl.Nc1cc(Br)ccc1C(=O)NCCC(=O)N1CCOCC1. The second-order valence-corrected chi connectivity index (χ2v) is 5.65. The summed E-state index contributed by atoms with van der Waals surface area (Å²) in [5.41, 5.74) is 6.61. The van der Waals surface area contributed by atoms with Crippen molar-refractivity contribution >= 4 is 45.8 Å². The smallest absolute Gasteiger partial charge is 0.253 e. The molecule has 1 heterocycles. The molecule has 6 nitrogen and oxygen atoms in total. The maximum absolute atomic E-state index is 12.0. The molecule has 122 valence electrons. The number of carbonyl (C=O) groups is 2. The van der Waals surface area contributed by atoms with Crippen LogP contribution in [0.4, 0.5) is 5.69 Å². The zero-order valence-corrected chi connectivity index (χ0v) is 14.4. The molecule has 0 bridgehead atoms. The minimum Gasteiger partial charge on any atom is -0.398 e. The quantitative estimate of drug-likeness (QED) is 0.759. The lowest BCUT2D eigenvalue weighted by Crippen LogP contribution is -2.42. The molecular weight excluding hydrogens is 374 g/mol. The first-order valence-corrected chi connectivity index (χ1v) is 7.56. The molecule has 0 aromatic heterocycles. The van der Waals surface area contributed by atoms with Crippen LogP contribution in [-0.2, 0) is 9.53 Å². The van der Waals surface area contributed by atoms with E-state index in [0.29, 0.717) is 44.1 Å². The van der Waals surface area contributed by atoms with E-state index in [1.807, 2.05) is 0 Å². The maximum atomic E-state index is 12.0. The Kier molecular flexibility index (Phi) is 7.64. The van der Waals surface area contributed by atoms with Gasteiger partial charge >= 0.3 is 0 Å². The van der Waals surface area contributed by atoms with Gasteiger partial charge in [-0.15, -0.1) is 12.4 Å². The standard InChI is InChI=1S/C14H18BrN3O3.ClH/c15-10-1-2-11(12(16)9-10)14(20)17-4-3-13(19)18-5-7-21-8-6-18;/h1-2,9H,3-8,16H2,(H,17,20);1H. The van der Waals surface area contributed by atoms with Crippen LogP contribution >= 0.6 is 28.3 Å². The van der Waals surface area contributed by atoms with Crippen molar-refractivity contribution in [2.75, 3.05) is 38.6 Å². The number of nitrogens with two attached hydrogens (primary N) is 1. The fourth-order valence-electron chi connectivity index (χ4n) is 2.09. The predicted molar refractivity (Wildman–Crippen MR) is 90.2 cm³/mol. The van der Waals surface area contributed by atoms with Crippen molar-refractivity contribution in [3.8, 4) is 0 Å². The van der Waals surface area contributed by atoms with Gasteiger partial charge < -0.3 is 20.7 Å². The largest absolute Gasteiger partial charge is 0.398 e. The van der Waals surface area contributed by atoms with Gasteiger partial charge in [0.2, 0.25) is 5.91 Å². The highest BCUT2D eigenvalue weighted by Gasteiger charge is 2.17. The van der Waals surface area contributed by atoms with Crippen LogP contribution in [0.5, 0.6) is 0 Å². The Balaban J connectivity index is 0.00000242. The van der Waals surface area contributed by atoms with E-state index in [9.17, 15) is 9.59 Å². The van der Waals surface area contributed by atoms with E-state index in [1.165, 1.54) is 0 Å². The zero-order valence-electron chi connectivity index (χ0n) is 12.0. The molecule has 3 N–H and O–H groups in total. The first-order chi connectivity index (χ1) is 10.1. The lowest BCUT2D eigenvalue weighted by molar-refractivity contribution is -0.135. The Bertz CT molecular complexity index is 536. The fraction of sp³-hybridized carbons (Fsp3) is 0.429. The number of anilines is 1. The van der Waals surface area contributed by atoms with Crippen molar-refractivity contribution in [3.05, 3.63) is 28.2 Å². The van der Waals surface area contributed by atoms with Gasteiger partial charge in [-0.2, -0.15) is 0 Å². The van der Waals surface area contributed by atoms with Crippen LogP contribution in [0.25, 0.3) is 0 Å². The molecule has 0 atom stereocenters. The first-order valence-electron chi connectivity index (χ1n) is 6.76. The van der Waals surface area contributed by atoms with E-state index < -0.39 is 0 Å². The third-order valence-corrected chi connectivity index (χ3v) is 3.74. The van der Waals surface area contributed by atoms with Crippen molar-refractivity contribution in [3.63, 3.8) is 0 Å². The summed E-state index contributed by atoms with van der Waals surface area (Å²) in [5, 5.41) is 2.72. The van der Waals surface area contributed by atoms with Gasteiger partial charge in [0.05, 0.1) is 18.8 Å². The van der Waals surface area contributed by atoms with Crippen LogP contribution in [0, 0.1) is 0 Å². The highest BCUT2D eigenvalue weighted by atomic mass is 79.9. The summed E-state index contributed by atoms with van der Waals surface area (Å²) in [6, 6.07) is 5.08. The van der Waals surface area contributed by atoms with Crippen molar-refractivity contribution in [2.24, 2.45) is 0 Å². The molecule has 1 aromatic rings. The summed E-state index contributed by atoms with van der Waals surface area (Å²) in [6.07, 6.45) is 0.280. The van der Waals surface area contributed by atoms with E-state index in [4.69, 9.17) is 10.5 Å². The van der Waals surface area contributed by atoms with Gasteiger partial charge in [-0.3, -0.25) is 9.59 Å². The number of carbonyl (C=O) groups excluding carboxylic acids is 2. The molecule has 1 aromatic carbocycles. The van der Waals surface area contributed by atoms with E-state index in [0.717, 1.165) is 4.47 Å². The normalized spacial score (nSPS) is 14.1. The Morgan fingerprint density at radius 3 is 2.64 bits per heavy atom. The van der Waals surface area contributed by atoms with Crippen molar-refractivity contribution in [1.82, 2.24) is 10.2 Å². The van der Waals surface area contributed by atoms with E-state index in [1.54, 1.807) is 23.1 Å². The summed E-state index contributed by atoms with van der Waals surface area (Å²) >= 11 is 3.29. The van der Waals surface area contributed by atoms with Gasteiger partial charge in [0, 0.05) is 36.2 Å². The van der Waals surface area contributed by atoms with Crippen LogP contribution < -0.4 is 11.1 Å². The van der Waals surface area contributed by atoms with Crippen LogP contribution in [-0.4, -0.2) is 49.6 Å². The number of nitrogens with zero attached hydrogens (tertiary/aromatic N) is 1. The first kappa shape index (κ1) is 18.7. The van der Waals surface area contributed by atoms with Gasteiger partial charge in [0.15, 0.2) is 0 Å². The summed E-state index contributed by atoms with van der Waals surface area (Å²) in [4.78, 5) is 25.7. The maximum Gasteiger partial charge on any atom is 0.253 e. The number of halogens is 2. The molecule has 2 rings (SSSR count). The summed E-state index contributed by atoms with van der Waals surface area (Å²) in [5.74, 6) is -0.239. The van der Waals surface area contributed by atoms with Crippen LogP contribution in [0.1, 0.15) is 16.8 Å². The topological polar surface area (TPSA) is 84.7 Å². The number of benzene rings is 1. The zero-order chi connectivity index (χ0) is 15.2. The molecule has 0 spiro atoms. The van der Waals surface area contributed by atoms with Crippen LogP contribution in [0.15, 0.2) is 22.7 Å². The average Bonchev–Trinajstić information content (AvgIpc) is 2.47. The number of rotatable bonds is 4.